The Kier molecular flexibility index (Phi) is 14.2. The SMILES string of the molecule is CCC[C@@H]1NC(=O)CN(CC2CCCC2)C(=O)[C@@H](NC(=O)OCC2c3ccccc3-c3ccccc32)CCNC(=O)/C=C/[C@H](C)NC(=O)[C@H](C)NC(=O)C1=O. The van der Waals surface area contributed by atoms with Crippen LogP contribution in [-0.4, -0.2) is 96.7 Å². The van der Waals surface area contributed by atoms with Gasteiger partial charge in [-0.3, -0.25) is 28.8 Å². The van der Waals surface area contributed by atoms with Crippen LogP contribution in [0, 0.1) is 5.92 Å². The highest BCUT2D eigenvalue weighted by molar-refractivity contribution is 6.38. The van der Waals surface area contributed by atoms with Crippen LogP contribution in [0.3, 0.4) is 0 Å². The molecule has 14 heteroatoms. The van der Waals surface area contributed by atoms with Gasteiger partial charge in [0.2, 0.25) is 29.4 Å². The van der Waals surface area contributed by atoms with Crippen molar-refractivity contribution in [2.45, 2.75) is 95.8 Å². The van der Waals surface area contributed by atoms with Crippen LogP contribution in [0.1, 0.15) is 82.8 Å². The molecule has 0 bridgehead atoms. The molecule has 5 rings (SSSR count). The number of carbonyl (C=O) groups is 7. The van der Waals surface area contributed by atoms with Crippen LogP contribution in [0.15, 0.2) is 60.7 Å². The molecular weight excluding hydrogens is 704 g/mol. The Morgan fingerprint density at radius 2 is 1.53 bits per heavy atom. The van der Waals surface area contributed by atoms with Gasteiger partial charge in [-0.05, 0) is 67.7 Å². The van der Waals surface area contributed by atoms with Crippen LogP contribution in [0.25, 0.3) is 11.1 Å². The van der Waals surface area contributed by atoms with Gasteiger partial charge in [-0.1, -0.05) is 80.8 Å². The fourth-order valence-electron chi connectivity index (χ4n) is 7.49. The molecule has 55 heavy (non-hydrogen) atoms. The average molecular weight is 757 g/mol. The Bertz CT molecular complexity index is 1740. The molecule has 2 aromatic carbocycles. The number of Topliss-reactive ketones (excluding diaryl/α,β-unsaturated/α-hetero) is 1. The number of benzene rings is 2. The van der Waals surface area contributed by atoms with E-state index in [1.54, 1.807) is 13.8 Å². The Morgan fingerprint density at radius 1 is 0.873 bits per heavy atom. The van der Waals surface area contributed by atoms with Gasteiger partial charge in [-0.2, -0.15) is 0 Å². The molecule has 14 nitrogen and oxygen atoms in total. The molecule has 1 heterocycles. The minimum Gasteiger partial charge on any atom is -0.449 e. The van der Waals surface area contributed by atoms with Crippen LogP contribution in [-0.2, 0) is 33.5 Å². The third kappa shape index (κ3) is 10.8. The predicted molar refractivity (Wildman–Crippen MR) is 204 cm³/mol. The molecule has 0 radical (unpaired) electrons. The van der Waals surface area contributed by atoms with E-state index in [-0.39, 0.29) is 44.4 Å². The lowest BCUT2D eigenvalue weighted by molar-refractivity contribution is -0.142. The molecule has 294 valence electrons. The summed E-state index contributed by atoms with van der Waals surface area (Å²) in [6, 6.07) is 11.8. The van der Waals surface area contributed by atoms with E-state index >= 15 is 0 Å². The molecule has 0 aromatic heterocycles. The maximum atomic E-state index is 14.4. The fourth-order valence-corrected chi connectivity index (χ4v) is 7.49. The first-order chi connectivity index (χ1) is 26.4. The van der Waals surface area contributed by atoms with Crippen molar-refractivity contribution >= 4 is 41.4 Å². The maximum Gasteiger partial charge on any atom is 0.407 e. The quantitative estimate of drug-likeness (QED) is 0.267. The second kappa shape index (κ2) is 19.2. The summed E-state index contributed by atoms with van der Waals surface area (Å²) in [5, 5.41) is 13.1. The molecule has 5 N–H and O–H groups in total. The zero-order chi connectivity index (χ0) is 39.5. The van der Waals surface area contributed by atoms with Crippen LogP contribution >= 0.6 is 0 Å². The van der Waals surface area contributed by atoms with E-state index in [0.717, 1.165) is 47.9 Å². The van der Waals surface area contributed by atoms with Crippen molar-refractivity contribution in [3.05, 3.63) is 71.8 Å². The number of ketones is 1. The molecule has 6 amide bonds. The summed E-state index contributed by atoms with van der Waals surface area (Å²) in [4.78, 5) is 94.5. The van der Waals surface area contributed by atoms with E-state index in [1.165, 1.54) is 24.0 Å². The number of fused-ring (bicyclic) bond motifs is 3. The Hall–Kier alpha value is -5.53. The second-order valence-corrected chi connectivity index (χ2v) is 14.6. The first-order valence-corrected chi connectivity index (χ1v) is 19.3. The summed E-state index contributed by atoms with van der Waals surface area (Å²) < 4.78 is 5.77. The van der Waals surface area contributed by atoms with E-state index in [1.807, 2.05) is 48.5 Å². The van der Waals surface area contributed by atoms with E-state index in [0.29, 0.717) is 6.42 Å². The number of carbonyl (C=O) groups excluding carboxylic acids is 7. The monoisotopic (exact) mass is 756 g/mol. The van der Waals surface area contributed by atoms with Gasteiger partial charge in [0.15, 0.2) is 0 Å². The van der Waals surface area contributed by atoms with Gasteiger partial charge in [0.05, 0.1) is 12.6 Å². The van der Waals surface area contributed by atoms with Gasteiger partial charge in [0.25, 0.3) is 5.91 Å². The molecule has 3 aliphatic rings. The van der Waals surface area contributed by atoms with Crippen molar-refractivity contribution in [2.24, 2.45) is 5.92 Å². The number of nitrogens with one attached hydrogen (secondary N) is 5. The van der Waals surface area contributed by atoms with Gasteiger partial charge in [-0.25, -0.2) is 4.79 Å². The number of amides is 6. The number of ether oxygens (including phenoxy) is 1. The van der Waals surface area contributed by atoms with Crippen LogP contribution in [0.2, 0.25) is 0 Å². The molecule has 0 saturated heterocycles. The fraction of sp³-hybridized carbons (Fsp3) is 0.488. The molecule has 2 aromatic rings. The van der Waals surface area contributed by atoms with Crippen molar-refractivity contribution in [2.75, 3.05) is 26.2 Å². The van der Waals surface area contributed by atoms with E-state index in [4.69, 9.17) is 4.74 Å². The lowest BCUT2D eigenvalue weighted by Gasteiger charge is -2.30. The molecule has 0 unspecified atom stereocenters. The molecular formula is C41H52N6O8. The Balaban J connectivity index is 1.37. The highest BCUT2D eigenvalue weighted by atomic mass is 16.5. The zero-order valence-corrected chi connectivity index (χ0v) is 31.7. The van der Waals surface area contributed by atoms with E-state index < -0.39 is 72.1 Å². The topological polar surface area (TPSA) is 192 Å². The second-order valence-electron chi connectivity index (χ2n) is 14.6. The van der Waals surface area contributed by atoms with Crippen LogP contribution in [0.5, 0.6) is 0 Å². The summed E-state index contributed by atoms with van der Waals surface area (Å²) in [6.07, 6.45) is 6.15. The van der Waals surface area contributed by atoms with Crippen molar-refractivity contribution in [3.8, 4) is 11.1 Å². The third-order valence-electron chi connectivity index (χ3n) is 10.4. The van der Waals surface area contributed by atoms with E-state index in [9.17, 15) is 33.6 Å². The highest BCUT2D eigenvalue weighted by Gasteiger charge is 2.34. The first-order valence-electron chi connectivity index (χ1n) is 19.3. The summed E-state index contributed by atoms with van der Waals surface area (Å²) >= 11 is 0. The standard InChI is InChI=1S/C41H52N6O8/c1-4-11-33-37(50)39(52)44-26(3)38(51)43-25(2)18-19-35(48)42-21-20-34(40(53)47(23-36(49)45-33)22-27-12-5-6-13-27)46-41(54)55-24-32-30-16-9-7-14-28(30)29-15-8-10-17-31(29)32/h7-10,14-19,25-27,32-34H,4-6,11-13,20-24H2,1-3H3,(H,42,48)(H,43,51)(H,44,52)(H,45,49)(H,46,54)/b19-18+/t25-,26-,33-,34-/m0/s1. The normalized spacial score (nSPS) is 24.2. The number of hydrogen-bond acceptors (Lipinski definition) is 8. The molecule has 0 spiro atoms. The lowest BCUT2D eigenvalue weighted by atomic mass is 9.98. The van der Waals surface area contributed by atoms with Crippen LogP contribution < -0.4 is 26.6 Å². The van der Waals surface area contributed by atoms with Crippen molar-refractivity contribution in [3.63, 3.8) is 0 Å². The van der Waals surface area contributed by atoms with Gasteiger partial charge >= 0.3 is 6.09 Å². The molecule has 2 aliphatic carbocycles. The average Bonchev–Trinajstić information content (AvgIpc) is 3.80. The minimum atomic E-state index is -1.19. The smallest absolute Gasteiger partial charge is 0.407 e. The zero-order valence-electron chi connectivity index (χ0n) is 31.7. The summed E-state index contributed by atoms with van der Waals surface area (Å²) in [6.45, 7) is 4.66. The van der Waals surface area contributed by atoms with Crippen LogP contribution in [0.4, 0.5) is 4.79 Å². The number of hydrogen-bond donors (Lipinski definition) is 5. The van der Waals surface area contributed by atoms with Gasteiger partial charge < -0.3 is 36.2 Å². The number of rotatable bonds is 7. The molecule has 1 fully saturated rings. The highest BCUT2D eigenvalue weighted by Crippen LogP contribution is 2.44. The summed E-state index contributed by atoms with van der Waals surface area (Å²) in [5.74, 6) is -4.32. The Morgan fingerprint density at radius 3 is 2.18 bits per heavy atom. The van der Waals surface area contributed by atoms with Crippen molar-refractivity contribution < 1.29 is 38.3 Å². The van der Waals surface area contributed by atoms with Crippen molar-refractivity contribution in [1.82, 2.24) is 31.5 Å². The molecule has 4 atom stereocenters. The number of nitrogens with zero attached hydrogens (tertiary/aromatic N) is 1. The maximum absolute atomic E-state index is 14.4. The van der Waals surface area contributed by atoms with Crippen molar-refractivity contribution in [1.29, 1.82) is 0 Å². The van der Waals surface area contributed by atoms with E-state index in [2.05, 4.69) is 26.6 Å². The predicted octanol–water partition coefficient (Wildman–Crippen LogP) is 2.85. The molecule has 1 saturated carbocycles. The lowest BCUT2D eigenvalue weighted by Crippen LogP contribution is -2.56. The molecule has 1 aliphatic heterocycles. The van der Waals surface area contributed by atoms with Gasteiger partial charge in [0, 0.05) is 31.1 Å². The Labute approximate surface area is 321 Å². The van der Waals surface area contributed by atoms with Gasteiger partial charge in [-0.15, -0.1) is 0 Å². The summed E-state index contributed by atoms with van der Waals surface area (Å²) in [5.41, 5.74) is 4.19. The third-order valence-corrected chi connectivity index (χ3v) is 10.4. The number of alkyl carbamates (subject to hydrolysis) is 1. The summed E-state index contributed by atoms with van der Waals surface area (Å²) in [7, 11) is 0. The first kappa shape index (κ1) is 40.7. The minimum absolute atomic E-state index is 0.0103. The largest absolute Gasteiger partial charge is 0.449 e. The van der Waals surface area contributed by atoms with Gasteiger partial charge in [0.1, 0.15) is 18.7 Å².